The third-order valence-electron chi connectivity index (χ3n) is 2.79. The SMILES string of the molecule is N#CC(CC(=O)NCc1ccco1)c1ccccc1. The van der Waals surface area contributed by atoms with Gasteiger partial charge in [-0.05, 0) is 17.7 Å². The summed E-state index contributed by atoms with van der Waals surface area (Å²) in [6.45, 7) is 0.346. The lowest BCUT2D eigenvalue weighted by Crippen LogP contribution is -2.24. The maximum absolute atomic E-state index is 11.8. The van der Waals surface area contributed by atoms with E-state index in [2.05, 4.69) is 11.4 Å². The first-order chi connectivity index (χ1) is 9.29. The fourth-order valence-corrected chi connectivity index (χ4v) is 1.78. The molecule has 0 spiro atoms. The number of rotatable bonds is 5. The van der Waals surface area contributed by atoms with Gasteiger partial charge in [0.05, 0.1) is 24.8 Å². The average molecular weight is 254 g/mol. The van der Waals surface area contributed by atoms with Crippen LogP contribution >= 0.6 is 0 Å². The minimum atomic E-state index is -0.419. The minimum Gasteiger partial charge on any atom is -0.467 e. The van der Waals surface area contributed by atoms with Crippen LogP contribution in [0, 0.1) is 11.3 Å². The molecule has 1 atom stereocenters. The molecule has 0 radical (unpaired) electrons. The van der Waals surface area contributed by atoms with Crippen molar-refractivity contribution in [3.8, 4) is 6.07 Å². The molecule has 2 rings (SSSR count). The van der Waals surface area contributed by atoms with E-state index < -0.39 is 5.92 Å². The summed E-state index contributed by atoms with van der Waals surface area (Å²) in [4.78, 5) is 11.8. The Morgan fingerprint density at radius 1 is 1.26 bits per heavy atom. The Morgan fingerprint density at radius 2 is 2.05 bits per heavy atom. The molecule has 0 aliphatic heterocycles. The van der Waals surface area contributed by atoms with Crippen LogP contribution < -0.4 is 5.32 Å². The van der Waals surface area contributed by atoms with E-state index in [9.17, 15) is 4.79 Å². The predicted molar refractivity (Wildman–Crippen MR) is 70.0 cm³/mol. The molecule has 0 bridgehead atoms. The number of benzene rings is 1. The summed E-state index contributed by atoms with van der Waals surface area (Å²) >= 11 is 0. The Kier molecular flexibility index (Phi) is 4.35. The van der Waals surface area contributed by atoms with Crippen LogP contribution in [0.5, 0.6) is 0 Å². The Balaban J connectivity index is 1.89. The molecule has 0 fully saturated rings. The summed E-state index contributed by atoms with van der Waals surface area (Å²) in [6.07, 6.45) is 1.71. The van der Waals surface area contributed by atoms with Gasteiger partial charge in [0, 0.05) is 6.42 Å². The summed E-state index contributed by atoms with van der Waals surface area (Å²) in [5.74, 6) is 0.117. The van der Waals surface area contributed by atoms with Crippen molar-refractivity contribution in [1.29, 1.82) is 5.26 Å². The van der Waals surface area contributed by atoms with Gasteiger partial charge in [0.25, 0.3) is 0 Å². The van der Waals surface area contributed by atoms with E-state index in [-0.39, 0.29) is 12.3 Å². The second-order valence-corrected chi connectivity index (χ2v) is 4.15. The maximum atomic E-state index is 11.8. The molecule has 1 amide bonds. The summed E-state index contributed by atoms with van der Waals surface area (Å²) in [5.41, 5.74) is 0.859. The van der Waals surface area contributed by atoms with E-state index in [0.29, 0.717) is 12.3 Å². The van der Waals surface area contributed by atoms with E-state index in [1.807, 2.05) is 30.3 Å². The predicted octanol–water partition coefficient (Wildman–Crippen LogP) is 2.59. The number of nitriles is 1. The van der Waals surface area contributed by atoms with Gasteiger partial charge >= 0.3 is 0 Å². The molecule has 19 heavy (non-hydrogen) atoms. The Bertz CT molecular complexity index is 556. The molecule has 1 N–H and O–H groups in total. The van der Waals surface area contributed by atoms with Crippen LogP contribution in [-0.4, -0.2) is 5.91 Å². The van der Waals surface area contributed by atoms with Crippen LogP contribution in [0.2, 0.25) is 0 Å². The molecule has 1 unspecified atom stereocenters. The maximum Gasteiger partial charge on any atom is 0.222 e. The lowest BCUT2D eigenvalue weighted by atomic mass is 9.97. The fourth-order valence-electron chi connectivity index (χ4n) is 1.78. The number of nitrogens with zero attached hydrogens (tertiary/aromatic N) is 1. The van der Waals surface area contributed by atoms with Gasteiger partial charge in [0.2, 0.25) is 5.91 Å². The third kappa shape index (κ3) is 3.71. The van der Waals surface area contributed by atoms with E-state index >= 15 is 0 Å². The number of carbonyl (C=O) groups excluding carboxylic acids is 1. The number of furan rings is 1. The van der Waals surface area contributed by atoms with Crippen LogP contribution in [0.25, 0.3) is 0 Å². The topological polar surface area (TPSA) is 66.0 Å². The van der Waals surface area contributed by atoms with Gasteiger partial charge in [-0.2, -0.15) is 5.26 Å². The summed E-state index contributed by atoms with van der Waals surface area (Å²) in [6, 6.07) is 15.0. The molecule has 1 aromatic carbocycles. The molecule has 4 heteroatoms. The lowest BCUT2D eigenvalue weighted by Gasteiger charge is -2.09. The van der Waals surface area contributed by atoms with E-state index in [1.165, 1.54) is 0 Å². The highest BCUT2D eigenvalue weighted by molar-refractivity contribution is 5.77. The third-order valence-corrected chi connectivity index (χ3v) is 2.79. The molecule has 0 aliphatic carbocycles. The van der Waals surface area contributed by atoms with Gasteiger partial charge in [0.15, 0.2) is 0 Å². The van der Waals surface area contributed by atoms with Gasteiger partial charge in [-0.3, -0.25) is 4.79 Å². The number of hydrogen-bond acceptors (Lipinski definition) is 3. The van der Waals surface area contributed by atoms with Gasteiger partial charge < -0.3 is 9.73 Å². The standard InChI is InChI=1S/C15H14N2O2/c16-10-13(12-5-2-1-3-6-12)9-15(18)17-11-14-7-4-8-19-14/h1-8,13H,9,11H2,(H,17,18). The first-order valence-electron chi connectivity index (χ1n) is 6.03. The second-order valence-electron chi connectivity index (χ2n) is 4.15. The second kappa shape index (κ2) is 6.41. The van der Waals surface area contributed by atoms with Crippen molar-refractivity contribution in [3.05, 3.63) is 60.1 Å². The van der Waals surface area contributed by atoms with Crippen LogP contribution in [0.15, 0.2) is 53.1 Å². The van der Waals surface area contributed by atoms with Crippen molar-refractivity contribution < 1.29 is 9.21 Å². The number of hydrogen-bond donors (Lipinski definition) is 1. The van der Waals surface area contributed by atoms with Crippen LogP contribution in [0.4, 0.5) is 0 Å². The number of amides is 1. The molecular formula is C15H14N2O2. The van der Waals surface area contributed by atoms with Gasteiger partial charge in [-0.25, -0.2) is 0 Å². The summed E-state index contributed by atoms with van der Waals surface area (Å²) < 4.78 is 5.12. The smallest absolute Gasteiger partial charge is 0.222 e. The lowest BCUT2D eigenvalue weighted by molar-refractivity contribution is -0.121. The van der Waals surface area contributed by atoms with Crippen molar-refractivity contribution in [2.24, 2.45) is 0 Å². The fraction of sp³-hybridized carbons (Fsp3) is 0.200. The van der Waals surface area contributed by atoms with E-state index in [1.54, 1.807) is 18.4 Å². The van der Waals surface area contributed by atoms with Crippen molar-refractivity contribution in [1.82, 2.24) is 5.32 Å². The van der Waals surface area contributed by atoms with Crippen molar-refractivity contribution in [3.63, 3.8) is 0 Å². The number of nitrogens with one attached hydrogen (secondary N) is 1. The first-order valence-corrected chi connectivity index (χ1v) is 6.03. The normalized spacial score (nSPS) is 11.5. The molecule has 0 saturated carbocycles. The molecular weight excluding hydrogens is 240 g/mol. The first kappa shape index (κ1) is 12.9. The molecule has 2 aromatic rings. The molecule has 0 saturated heterocycles. The van der Waals surface area contributed by atoms with E-state index in [0.717, 1.165) is 5.56 Å². The Morgan fingerprint density at radius 3 is 2.68 bits per heavy atom. The highest BCUT2D eigenvalue weighted by Gasteiger charge is 2.15. The summed E-state index contributed by atoms with van der Waals surface area (Å²) in [7, 11) is 0. The zero-order valence-electron chi connectivity index (χ0n) is 10.4. The highest BCUT2D eigenvalue weighted by atomic mass is 16.3. The van der Waals surface area contributed by atoms with E-state index in [4.69, 9.17) is 9.68 Å². The van der Waals surface area contributed by atoms with Crippen molar-refractivity contribution in [2.75, 3.05) is 0 Å². The van der Waals surface area contributed by atoms with Gasteiger partial charge in [-0.15, -0.1) is 0 Å². The Hall–Kier alpha value is -2.54. The van der Waals surface area contributed by atoms with Crippen LogP contribution in [0.1, 0.15) is 23.7 Å². The van der Waals surface area contributed by atoms with Crippen LogP contribution in [0.3, 0.4) is 0 Å². The largest absolute Gasteiger partial charge is 0.467 e. The monoisotopic (exact) mass is 254 g/mol. The van der Waals surface area contributed by atoms with Crippen molar-refractivity contribution in [2.45, 2.75) is 18.9 Å². The van der Waals surface area contributed by atoms with Crippen LogP contribution in [-0.2, 0) is 11.3 Å². The number of carbonyl (C=O) groups is 1. The minimum absolute atomic E-state index is 0.154. The molecule has 96 valence electrons. The molecule has 1 heterocycles. The zero-order chi connectivity index (χ0) is 13.5. The molecule has 1 aromatic heterocycles. The quantitative estimate of drug-likeness (QED) is 0.891. The average Bonchev–Trinajstić information content (AvgIpc) is 2.97. The van der Waals surface area contributed by atoms with Gasteiger partial charge in [0.1, 0.15) is 5.76 Å². The van der Waals surface area contributed by atoms with Crippen molar-refractivity contribution >= 4 is 5.91 Å². The zero-order valence-corrected chi connectivity index (χ0v) is 10.4. The summed E-state index contributed by atoms with van der Waals surface area (Å²) in [5, 5.41) is 11.9. The molecule has 4 nitrogen and oxygen atoms in total. The highest BCUT2D eigenvalue weighted by Crippen LogP contribution is 2.18. The van der Waals surface area contributed by atoms with Gasteiger partial charge in [-0.1, -0.05) is 30.3 Å². The molecule has 0 aliphatic rings. The Labute approximate surface area is 111 Å².